The van der Waals surface area contributed by atoms with E-state index in [0.29, 0.717) is 17.6 Å². The van der Waals surface area contributed by atoms with Crippen LogP contribution in [0.4, 0.5) is 0 Å². The molecule has 0 amide bonds. The topological polar surface area (TPSA) is 20.2 Å². The molecule has 130 valence electrons. The average Bonchev–Trinajstić information content (AvgIpc) is 2.52. The summed E-state index contributed by atoms with van der Waals surface area (Å²) in [5.74, 6) is 1.23. The molecule has 0 spiro atoms. The highest BCUT2D eigenvalue weighted by Gasteiger charge is 2.14. The highest BCUT2D eigenvalue weighted by Crippen LogP contribution is 2.36. The monoisotopic (exact) mass is 358 g/mol. The first-order valence-corrected chi connectivity index (χ1v) is 11.5. The maximum atomic E-state index is 10.3. The molecule has 0 bridgehead atoms. The van der Waals surface area contributed by atoms with Crippen molar-refractivity contribution < 1.29 is 5.11 Å². The van der Waals surface area contributed by atoms with Crippen LogP contribution in [0.3, 0.4) is 0 Å². The summed E-state index contributed by atoms with van der Waals surface area (Å²) in [6.07, 6.45) is 0. The minimum Gasteiger partial charge on any atom is -0.508 e. The first kappa shape index (κ1) is 19.1. The van der Waals surface area contributed by atoms with Crippen molar-refractivity contribution in [2.24, 2.45) is 0 Å². The van der Waals surface area contributed by atoms with Crippen LogP contribution in [0.15, 0.2) is 35.2 Å². The van der Waals surface area contributed by atoms with Gasteiger partial charge in [-0.2, -0.15) is 0 Å². The van der Waals surface area contributed by atoms with Gasteiger partial charge in [-0.15, -0.1) is 11.8 Å². The Kier molecular flexibility index (Phi) is 6.59. The van der Waals surface area contributed by atoms with Crippen LogP contribution in [0, 0.1) is 13.8 Å². The van der Waals surface area contributed by atoms with Gasteiger partial charge in [-0.25, -0.2) is 0 Å². The molecule has 0 radical (unpaired) electrons. The van der Waals surface area contributed by atoms with E-state index in [1.165, 1.54) is 27.0 Å². The lowest BCUT2D eigenvalue weighted by molar-refractivity contribution is 0.462. The van der Waals surface area contributed by atoms with Crippen LogP contribution in [0.25, 0.3) is 0 Å². The van der Waals surface area contributed by atoms with Gasteiger partial charge in [-0.3, -0.25) is 0 Å². The number of aromatic hydroxyl groups is 1. The molecule has 0 heterocycles. The summed E-state index contributed by atoms with van der Waals surface area (Å²) in [6, 6.07) is 10.9. The van der Waals surface area contributed by atoms with E-state index >= 15 is 0 Å². The third kappa shape index (κ3) is 4.45. The minimum absolute atomic E-state index is 0.287. The molecule has 0 saturated heterocycles. The molecule has 0 unspecified atom stereocenters. The van der Waals surface area contributed by atoms with E-state index in [2.05, 4.69) is 65.8 Å². The van der Waals surface area contributed by atoms with Gasteiger partial charge in [0.2, 0.25) is 0 Å². The average molecular weight is 359 g/mol. The Morgan fingerprint density at radius 1 is 1.00 bits per heavy atom. The highest BCUT2D eigenvalue weighted by molar-refractivity contribution is 8.00. The van der Waals surface area contributed by atoms with Crippen molar-refractivity contribution in [3.63, 3.8) is 0 Å². The third-order valence-corrected chi connectivity index (χ3v) is 8.35. The molecule has 1 N–H and O–H groups in total. The number of phenolic OH excluding ortho intramolecular Hbond substituents is 1. The van der Waals surface area contributed by atoms with E-state index in [-0.39, 0.29) is 9.52 Å². The van der Waals surface area contributed by atoms with E-state index in [0.717, 1.165) is 5.56 Å². The van der Waals surface area contributed by atoms with Crippen molar-refractivity contribution in [2.45, 2.75) is 58.3 Å². The molecule has 2 rings (SSSR count). The van der Waals surface area contributed by atoms with Crippen LogP contribution in [-0.2, 0) is 0 Å². The molecule has 0 aliphatic carbocycles. The molecule has 0 aliphatic heterocycles. The second kappa shape index (κ2) is 8.26. The SMILES string of the molecule is Cc1cccc([SiH2]CSc2cc(C(C)C)c(O)cc2C(C)C)c1C. The van der Waals surface area contributed by atoms with Crippen molar-refractivity contribution in [2.75, 3.05) is 5.38 Å². The lowest BCUT2D eigenvalue weighted by atomic mass is 9.96. The van der Waals surface area contributed by atoms with Gasteiger partial charge in [-0.05, 0) is 65.4 Å². The van der Waals surface area contributed by atoms with E-state index in [9.17, 15) is 5.11 Å². The van der Waals surface area contributed by atoms with Gasteiger partial charge < -0.3 is 5.11 Å². The molecule has 2 aromatic rings. The van der Waals surface area contributed by atoms with E-state index in [1.807, 2.05) is 17.8 Å². The van der Waals surface area contributed by atoms with Crippen molar-refractivity contribution in [1.82, 2.24) is 0 Å². The zero-order chi connectivity index (χ0) is 17.9. The molecule has 2 aromatic carbocycles. The van der Waals surface area contributed by atoms with Gasteiger partial charge in [0.15, 0.2) is 0 Å². The summed E-state index contributed by atoms with van der Waals surface area (Å²) in [4.78, 5) is 1.35. The molecular weight excluding hydrogens is 328 g/mol. The van der Waals surface area contributed by atoms with Crippen molar-refractivity contribution in [3.05, 3.63) is 52.6 Å². The van der Waals surface area contributed by atoms with Gasteiger partial charge in [0.25, 0.3) is 0 Å². The fourth-order valence-electron chi connectivity index (χ4n) is 2.99. The van der Waals surface area contributed by atoms with Crippen LogP contribution >= 0.6 is 11.8 Å². The van der Waals surface area contributed by atoms with Crippen molar-refractivity contribution in [3.8, 4) is 5.75 Å². The first-order chi connectivity index (χ1) is 11.3. The molecule has 1 nitrogen and oxygen atoms in total. The number of hydrogen-bond donors (Lipinski definition) is 1. The zero-order valence-corrected chi connectivity index (χ0v) is 18.0. The van der Waals surface area contributed by atoms with Gasteiger partial charge in [0.1, 0.15) is 5.75 Å². The van der Waals surface area contributed by atoms with Crippen LogP contribution in [0.5, 0.6) is 5.75 Å². The smallest absolute Gasteiger partial charge is 0.119 e. The number of phenols is 1. The standard InChI is InChI=1S/C21H30OSSi/c1-13(2)17-11-20(18(14(3)4)10-19(17)22)23-12-24-21-9-7-8-15(5)16(21)6/h7-11,13-14,22H,12,24H2,1-6H3. The van der Waals surface area contributed by atoms with E-state index < -0.39 is 0 Å². The fraction of sp³-hybridized carbons (Fsp3) is 0.429. The summed E-state index contributed by atoms with van der Waals surface area (Å²) in [5, 5.41) is 13.1. The molecule has 0 fully saturated rings. The lowest BCUT2D eigenvalue weighted by Crippen LogP contribution is -2.20. The van der Waals surface area contributed by atoms with Crippen LogP contribution in [-0.4, -0.2) is 20.0 Å². The highest BCUT2D eigenvalue weighted by atomic mass is 32.2. The number of rotatable bonds is 6. The zero-order valence-electron chi connectivity index (χ0n) is 15.8. The lowest BCUT2D eigenvalue weighted by Gasteiger charge is -2.17. The molecule has 3 heteroatoms. The molecule has 0 atom stereocenters. The Hall–Kier alpha value is -1.19. The quantitative estimate of drug-likeness (QED) is 0.591. The summed E-state index contributed by atoms with van der Waals surface area (Å²) < 4.78 is 0. The van der Waals surface area contributed by atoms with Crippen LogP contribution < -0.4 is 5.19 Å². The third-order valence-electron chi connectivity index (χ3n) is 4.75. The van der Waals surface area contributed by atoms with Crippen LogP contribution in [0.2, 0.25) is 0 Å². The second-order valence-electron chi connectivity index (χ2n) is 7.22. The van der Waals surface area contributed by atoms with Crippen molar-refractivity contribution >= 4 is 26.5 Å². The summed E-state index contributed by atoms with van der Waals surface area (Å²) in [6.45, 7) is 13.1. The molecule has 0 saturated carbocycles. The molecule has 24 heavy (non-hydrogen) atoms. The summed E-state index contributed by atoms with van der Waals surface area (Å²) >= 11 is 1.98. The molecular formula is C21H30OSSi. The van der Waals surface area contributed by atoms with E-state index in [1.54, 1.807) is 5.19 Å². The minimum atomic E-state index is -0.287. The predicted molar refractivity (Wildman–Crippen MR) is 111 cm³/mol. The molecule has 0 aromatic heterocycles. The van der Waals surface area contributed by atoms with Crippen LogP contribution in [0.1, 0.15) is 61.8 Å². The summed E-state index contributed by atoms with van der Waals surface area (Å²) in [7, 11) is -0.287. The number of hydrogen-bond acceptors (Lipinski definition) is 2. The second-order valence-corrected chi connectivity index (χ2v) is 10.8. The largest absolute Gasteiger partial charge is 0.508 e. The van der Waals surface area contributed by atoms with Crippen molar-refractivity contribution in [1.29, 1.82) is 0 Å². The maximum Gasteiger partial charge on any atom is 0.119 e. The van der Waals surface area contributed by atoms with E-state index in [4.69, 9.17) is 0 Å². The Bertz CT molecular complexity index is 707. The Morgan fingerprint density at radius 3 is 2.29 bits per heavy atom. The van der Waals surface area contributed by atoms with Gasteiger partial charge >= 0.3 is 0 Å². The number of thioether (sulfide) groups is 1. The number of benzene rings is 2. The first-order valence-electron chi connectivity index (χ1n) is 8.86. The Labute approximate surface area is 153 Å². The normalized spacial score (nSPS) is 12.0. The van der Waals surface area contributed by atoms with Gasteiger partial charge in [-0.1, -0.05) is 51.1 Å². The predicted octanol–water partition coefficient (Wildman–Crippen LogP) is 4.80. The fourth-order valence-corrected chi connectivity index (χ4v) is 6.79. The Morgan fingerprint density at radius 2 is 1.67 bits per heavy atom. The maximum absolute atomic E-state index is 10.3. The van der Waals surface area contributed by atoms with Gasteiger partial charge in [0.05, 0.1) is 9.52 Å². The Balaban J connectivity index is 2.19. The van der Waals surface area contributed by atoms with Gasteiger partial charge in [0, 0.05) is 4.90 Å². The summed E-state index contributed by atoms with van der Waals surface area (Å²) in [5.41, 5.74) is 5.22. The number of aryl methyl sites for hydroxylation is 1. The molecule has 0 aliphatic rings.